The highest BCUT2D eigenvalue weighted by Gasteiger charge is 2.34. The summed E-state index contributed by atoms with van der Waals surface area (Å²) in [4.78, 5) is 18.7. The maximum Gasteiger partial charge on any atom is 0.259 e. The largest absolute Gasteiger partial charge is 0.334 e. The number of aromatic nitrogens is 6. The Morgan fingerprint density at radius 3 is 2.95 bits per heavy atom. The standard InChI is InChI=1S/C13H13N7O/c1-9-2-4-20-12(16-9)11(6-15-20)13(21)18-7-10(8-18)19-5-3-14-17-19/h2-6,10H,7-8H2,1H3. The molecule has 0 radical (unpaired) electrons. The lowest BCUT2D eigenvalue weighted by molar-refractivity contribution is 0.0500. The molecule has 3 aromatic heterocycles. The van der Waals surface area contributed by atoms with Crippen molar-refractivity contribution in [3.8, 4) is 0 Å². The molecule has 3 aromatic rings. The number of amides is 1. The lowest BCUT2D eigenvalue weighted by atomic mass is 10.1. The number of hydrogen-bond acceptors (Lipinski definition) is 5. The van der Waals surface area contributed by atoms with Crippen LogP contribution in [-0.4, -0.2) is 53.5 Å². The maximum absolute atomic E-state index is 12.5. The number of aryl methyl sites for hydroxylation is 1. The van der Waals surface area contributed by atoms with Crippen molar-refractivity contribution in [2.45, 2.75) is 13.0 Å². The number of nitrogens with zero attached hydrogens (tertiary/aromatic N) is 7. The summed E-state index contributed by atoms with van der Waals surface area (Å²) in [6.07, 6.45) is 6.84. The zero-order valence-electron chi connectivity index (χ0n) is 11.4. The van der Waals surface area contributed by atoms with Crippen molar-refractivity contribution in [2.75, 3.05) is 13.1 Å². The summed E-state index contributed by atoms with van der Waals surface area (Å²) < 4.78 is 3.40. The molecular weight excluding hydrogens is 270 g/mol. The predicted molar refractivity (Wildman–Crippen MR) is 72.7 cm³/mol. The number of fused-ring (bicyclic) bond motifs is 1. The Labute approximate surface area is 120 Å². The molecule has 8 heteroatoms. The van der Waals surface area contributed by atoms with Gasteiger partial charge in [-0.05, 0) is 13.0 Å². The van der Waals surface area contributed by atoms with Crippen molar-refractivity contribution in [2.24, 2.45) is 0 Å². The fourth-order valence-electron chi connectivity index (χ4n) is 2.48. The van der Waals surface area contributed by atoms with Crippen molar-refractivity contribution in [1.29, 1.82) is 0 Å². The molecule has 1 aliphatic rings. The van der Waals surface area contributed by atoms with Gasteiger partial charge >= 0.3 is 0 Å². The van der Waals surface area contributed by atoms with Crippen molar-refractivity contribution in [3.05, 3.63) is 42.1 Å². The Morgan fingerprint density at radius 2 is 2.19 bits per heavy atom. The van der Waals surface area contributed by atoms with Crippen LogP contribution < -0.4 is 0 Å². The van der Waals surface area contributed by atoms with E-state index in [1.165, 1.54) is 0 Å². The lowest BCUT2D eigenvalue weighted by Gasteiger charge is -2.38. The molecule has 0 atom stereocenters. The first-order chi connectivity index (χ1) is 10.2. The van der Waals surface area contributed by atoms with Crippen LogP contribution in [0.25, 0.3) is 5.65 Å². The number of hydrogen-bond donors (Lipinski definition) is 0. The van der Waals surface area contributed by atoms with E-state index in [2.05, 4.69) is 20.4 Å². The van der Waals surface area contributed by atoms with E-state index in [1.54, 1.807) is 26.5 Å². The highest BCUT2D eigenvalue weighted by Crippen LogP contribution is 2.23. The smallest absolute Gasteiger partial charge is 0.259 e. The van der Waals surface area contributed by atoms with Crippen LogP contribution in [0.15, 0.2) is 30.9 Å². The molecule has 106 valence electrons. The van der Waals surface area contributed by atoms with Gasteiger partial charge in [-0.3, -0.25) is 4.79 Å². The third-order valence-corrected chi connectivity index (χ3v) is 3.70. The van der Waals surface area contributed by atoms with Gasteiger partial charge in [0, 0.05) is 31.2 Å². The van der Waals surface area contributed by atoms with E-state index in [-0.39, 0.29) is 11.9 Å². The van der Waals surface area contributed by atoms with E-state index >= 15 is 0 Å². The third kappa shape index (κ3) is 1.87. The number of rotatable bonds is 2. The van der Waals surface area contributed by atoms with Gasteiger partial charge in [0.2, 0.25) is 0 Å². The molecule has 4 heterocycles. The second-order valence-corrected chi connectivity index (χ2v) is 5.14. The minimum atomic E-state index is -0.0422. The molecule has 1 aliphatic heterocycles. The minimum absolute atomic E-state index is 0.0422. The highest BCUT2D eigenvalue weighted by atomic mass is 16.2. The van der Waals surface area contributed by atoms with Crippen LogP contribution in [0.2, 0.25) is 0 Å². The SMILES string of the molecule is Cc1ccn2ncc(C(=O)N3CC(n4ccnn4)C3)c2n1. The zero-order chi connectivity index (χ0) is 14.4. The van der Waals surface area contributed by atoms with Crippen molar-refractivity contribution in [3.63, 3.8) is 0 Å². The maximum atomic E-state index is 12.5. The topological polar surface area (TPSA) is 81.2 Å². The lowest BCUT2D eigenvalue weighted by Crippen LogP contribution is -2.50. The molecule has 21 heavy (non-hydrogen) atoms. The van der Waals surface area contributed by atoms with Crippen LogP contribution in [0, 0.1) is 6.92 Å². The van der Waals surface area contributed by atoms with Gasteiger partial charge in [0.25, 0.3) is 5.91 Å². The summed E-state index contributed by atoms with van der Waals surface area (Å²) in [6, 6.07) is 2.06. The third-order valence-electron chi connectivity index (χ3n) is 3.70. The van der Waals surface area contributed by atoms with Gasteiger partial charge in [-0.15, -0.1) is 5.10 Å². The Hall–Kier alpha value is -2.77. The van der Waals surface area contributed by atoms with Crippen molar-refractivity contribution >= 4 is 11.6 Å². The molecule has 0 bridgehead atoms. The highest BCUT2D eigenvalue weighted by molar-refractivity contribution is 6.00. The minimum Gasteiger partial charge on any atom is -0.334 e. The Morgan fingerprint density at radius 1 is 1.33 bits per heavy atom. The van der Waals surface area contributed by atoms with Crippen LogP contribution in [0.1, 0.15) is 22.1 Å². The fraction of sp³-hybridized carbons (Fsp3) is 0.308. The Balaban J connectivity index is 1.56. The molecule has 1 fully saturated rings. The number of likely N-dealkylation sites (tertiary alicyclic amines) is 1. The van der Waals surface area contributed by atoms with Crippen LogP contribution in [0.4, 0.5) is 0 Å². The van der Waals surface area contributed by atoms with Gasteiger partial charge < -0.3 is 4.90 Å². The first-order valence-electron chi connectivity index (χ1n) is 6.68. The van der Waals surface area contributed by atoms with E-state index in [0.29, 0.717) is 24.3 Å². The molecule has 8 nitrogen and oxygen atoms in total. The summed E-state index contributed by atoms with van der Waals surface area (Å²) in [7, 11) is 0. The van der Waals surface area contributed by atoms with E-state index in [0.717, 1.165) is 5.69 Å². The molecule has 0 unspecified atom stereocenters. The average Bonchev–Trinajstić information content (AvgIpc) is 3.05. The monoisotopic (exact) mass is 283 g/mol. The molecule has 0 saturated carbocycles. The number of carbonyl (C=O) groups is 1. The molecule has 0 N–H and O–H groups in total. The second-order valence-electron chi connectivity index (χ2n) is 5.14. The van der Waals surface area contributed by atoms with Gasteiger partial charge in [-0.25, -0.2) is 14.2 Å². The molecule has 1 amide bonds. The number of carbonyl (C=O) groups excluding carboxylic acids is 1. The normalized spacial score (nSPS) is 15.4. The van der Waals surface area contributed by atoms with Crippen molar-refractivity contribution in [1.82, 2.24) is 34.5 Å². The van der Waals surface area contributed by atoms with Crippen LogP contribution in [-0.2, 0) is 0 Å². The van der Waals surface area contributed by atoms with E-state index < -0.39 is 0 Å². The van der Waals surface area contributed by atoms with Crippen LogP contribution in [0.5, 0.6) is 0 Å². The van der Waals surface area contributed by atoms with Gasteiger partial charge in [0.05, 0.1) is 18.4 Å². The molecule has 0 aliphatic carbocycles. The molecule has 0 aromatic carbocycles. The van der Waals surface area contributed by atoms with Crippen molar-refractivity contribution < 1.29 is 4.79 Å². The first-order valence-corrected chi connectivity index (χ1v) is 6.68. The quantitative estimate of drug-likeness (QED) is 0.677. The summed E-state index contributed by atoms with van der Waals surface area (Å²) in [5.41, 5.74) is 2.00. The van der Waals surface area contributed by atoms with Gasteiger partial charge in [0.15, 0.2) is 5.65 Å². The summed E-state index contributed by atoms with van der Waals surface area (Å²) in [5, 5.41) is 11.9. The Bertz CT molecular complexity index is 801. The van der Waals surface area contributed by atoms with Gasteiger partial charge in [-0.2, -0.15) is 5.10 Å². The second kappa shape index (κ2) is 4.37. The Kier molecular flexibility index (Phi) is 2.50. The predicted octanol–water partition coefficient (Wildman–Crippen LogP) is 0.326. The molecule has 4 rings (SSSR count). The van der Waals surface area contributed by atoms with Gasteiger partial charge in [0.1, 0.15) is 5.56 Å². The average molecular weight is 283 g/mol. The van der Waals surface area contributed by atoms with Crippen LogP contribution >= 0.6 is 0 Å². The molecule has 0 spiro atoms. The fourth-order valence-corrected chi connectivity index (χ4v) is 2.48. The summed E-state index contributed by atoms with van der Waals surface area (Å²) in [6.45, 7) is 3.16. The van der Waals surface area contributed by atoms with E-state index in [9.17, 15) is 4.79 Å². The summed E-state index contributed by atoms with van der Waals surface area (Å²) >= 11 is 0. The van der Waals surface area contributed by atoms with Gasteiger partial charge in [-0.1, -0.05) is 5.21 Å². The van der Waals surface area contributed by atoms with Crippen LogP contribution in [0.3, 0.4) is 0 Å². The van der Waals surface area contributed by atoms with E-state index in [1.807, 2.05) is 25.4 Å². The van der Waals surface area contributed by atoms with E-state index in [4.69, 9.17) is 0 Å². The first kappa shape index (κ1) is 12.0. The molecular formula is C13H13N7O. The summed E-state index contributed by atoms with van der Waals surface area (Å²) in [5.74, 6) is -0.0422. The zero-order valence-corrected chi connectivity index (χ0v) is 11.4. The molecule has 1 saturated heterocycles.